The van der Waals surface area contributed by atoms with Crippen molar-refractivity contribution in [3.05, 3.63) is 0 Å². The Labute approximate surface area is 109 Å². The minimum atomic E-state index is -0.282. The zero-order valence-corrected chi connectivity index (χ0v) is 11.6. The quantitative estimate of drug-likeness (QED) is 0.656. The van der Waals surface area contributed by atoms with E-state index in [0.29, 0.717) is 12.6 Å². The van der Waals surface area contributed by atoms with Gasteiger partial charge in [-0.2, -0.15) is 0 Å². The summed E-state index contributed by atoms with van der Waals surface area (Å²) < 4.78 is 4.93. The Bertz CT molecular complexity index is 290. The molecule has 18 heavy (non-hydrogen) atoms. The van der Waals surface area contributed by atoms with Gasteiger partial charge in [-0.25, -0.2) is 0 Å². The van der Waals surface area contributed by atoms with Crippen molar-refractivity contribution in [1.29, 1.82) is 0 Å². The van der Waals surface area contributed by atoms with Gasteiger partial charge >= 0.3 is 5.97 Å². The SMILES string of the molecule is CCCN(CC(=O)OCC)C(C)C(=O)NC1CC1. The Morgan fingerprint density at radius 1 is 1.39 bits per heavy atom. The molecule has 1 unspecified atom stereocenters. The number of hydrogen-bond acceptors (Lipinski definition) is 4. The van der Waals surface area contributed by atoms with Crippen LogP contribution in [0.15, 0.2) is 0 Å². The van der Waals surface area contributed by atoms with E-state index in [1.165, 1.54) is 0 Å². The number of carbonyl (C=O) groups is 2. The van der Waals surface area contributed by atoms with E-state index in [1.807, 2.05) is 18.7 Å². The van der Waals surface area contributed by atoms with Crippen LogP contribution in [-0.4, -0.2) is 48.6 Å². The van der Waals surface area contributed by atoms with Crippen molar-refractivity contribution in [2.45, 2.75) is 52.1 Å². The normalized spacial score (nSPS) is 16.4. The number of esters is 1. The van der Waals surface area contributed by atoms with Crippen LogP contribution in [0.5, 0.6) is 0 Å². The summed E-state index contributed by atoms with van der Waals surface area (Å²) >= 11 is 0. The monoisotopic (exact) mass is 256 g/mol. The molecule has 1 saturated carbocycles. The van der Waals surface area contributed by atoms with Crippen LogP contribution in [0.2, 0.25) is 0 Å². The van der Waals surface area contributed by atoms with Gasteiger partial charge in [-0.3, -0.25) is 14.5 Å². The summed E-state index contributed by atoms with van der Waals surface area (Å²) in [5, 5.41) is 2.97. The van der Waals surface area contributed by atoms with E-state index in [9.17, 15) is 9.59 Å². The van der Waals surface area contributed by atoms with Crippen LogP contribution in [0.4, 0.5) is 0 Å². The smallest absolute Gasteiger partial charge is 0.320 e. The minimum Gasteiger partial charge on any atom is -0.465 e. The van der Waals surface area contributed by atoms with Crippen molar-refractivity contribution in [2.24, 2.45) is 0 Å². The summed E-state index contributed by atoms with van der Waals surface area (Å²) in [6.45, 7) is 6.93. The number of nitrogens with zero attached hydrogens (tertiary/aromatic N) is 1. The third-order valence-electron chi connectivity index (χ3n) is 3.00. The molecule has 0 aliphatic heterocycles. The van der Waals surface area contributed by atoms with Crippen LogP contribution in [0, 0.1) is 0 Å². The van der Waals surface area contributed by atoms with Crippen LogP contribution in [0.1, 0.15) is 40.0 Å². The highest BCUT2D eigenvalue weighted by molar-refractivity contribution is 5.82. The largest absolute Gasteiger partial charge is 0.465 e. The van der Waals surface area contributed by atoms with Gasteiger partial charge in [0.25, 0.3) is 0 Å². The molecule has 104 valence electrons. The molecule has 5 heteroatoms. The highest BCUT2D eigenvalue weighted by atomic mass is 16.5. The van der Waals surface area contributed by atoms with Crippen LogP contribution in [0.3, 0.4) is 0 Å². The summed E-state index contributed by atoms with van der Waals surface area (Å²) in [6.07, 6.45) is 3.05. The summed E-state index contributed by atoms with van der Waals surface area (Å²) in [7, 11) is 0. The van der Waals surface area contributed by atoms with Gasteiger partial charge in [-0.05, 0) is 39.7 Å². The first kappa shape index (κ1) is 15.0. The van der Waals surface area contributed by atoms with E-state index in [1.54, 1.807) is 6.92 Å². The second-order valence-corrected chi connectivity index (χ2v) is 4.73. The zero-order valence-electron chi connectivity index (χ0n) is 11.6. The minimum absolute atomic E-state index is 0.00949. The fraction of sp³-hybridized carbons (Fsp3) is 0.846. The van der Waals surface area contributed by atoms with Crippen molar-refractivity contribution in [3.8, 4) is 0 Å². The Morgan fingerprint density at radius 2 is 2.06 bits per heavy atom. The molecule has 1 N–H and O–H groups in total. The Morgan fingerprint density at radius 3 is 2.56 bits per heavy atom. The predicted octanol–water partition coefficient (Wildman–Crippen LogP) is 0.929. The van der Waals surface area contributed by atoms with E-state index >= 15 is 0 Å². The van der Waals surface area contributed by atoms with Crippen LogP contribution in [0.25, 0.3) is 0 Å². The average molecular weight is 256 g/mol. The average Bonchev–Trinajstić information content (AvgIpc) is 3.11. The Hall–Kier alpha value is -1.10. The van der Waals surface area contributed by atoms with Gasteiger partial charge in [-0.15, -0.1) is 0 Å². The van der Waals surface area contributed by atoms with E-state index in [4.69, 9.17) is 4.74 Å². The van der Waals surface area contributed by atoms with Crippen LogP contribution < -0.4 is 5.32 Å². The summed E-state index contributed by atoms with van der Waals surface area (Å²) in [4.78, 5) is 25.3. The summed E-state index contributed by atoms with van der Waals surface area (Å²) in [6, 6.07) is 0.0703. The molecule has 0 saturated heterocycles. The first-order valence-corrected chi connectivity index (χ1v) is 6.78. The molecule has 0 aromatic rings. The first-order chi connectivity index (χ1) is 8.58. The molecular formula is C13H24N2O3. The van der Waals surface area contributed by atoms with Gasteiger partial charge in [0, 0.05) is 6.04 Å². The van der Waals surface area contributed by atoms with E-state index in [-0.39, 0.29) is 24.5 Å². The van der Waals surface area contributed by atoms with Gasteiger partial charge in [0.05, 0.1) is 19.2 Å². The third-order valence-corrected chi connectivity index (χ3v) is 3.00. The lowest BCUT2D eigenvalue weighted by Crippen LogP contribution is -2.48. The molecule has 0 aromatic heterocycles. The predicted molar refractivity (Wildman–Crippen MR) is 69.1 cm³/mol. The van der Waals surface area contributed by atoms with Crippen LogP contribution in [-0.2, 0) is 14.3 Å². The first-order valence-electron chi connectivity index (χ1n) is 6.78. The summed E-state index contributed by atoms with van der Waals surface area (Å²) in [5.74, 6) is -0.257. The lowest BCUT2D eigenvalue weighted by Gasteiger charge is -2.26. The van der Waals surface area contributed by atoms with E-state index in [2.05, 4.69) is 5.32 Å². The number of rotatable bonds is 8. The molecule has 1 aliphatic rings. The van der Waals surface area contributed by atoms with E-state index < -0.39 is 0 Å². The van der Waals surface area contributed by atoms with Gasteiger partial charge in [-0.1, -0.05) is 6.92 Å². The topological polar surface area (TPSA) is 58.6 Å². The second-order valence-electron chi connectivity index (χ2n) is 4.73. The molecule has 1 aliphatic carbocycles. The Balaban J connectivity index is 2.46. The van der Waals surface area contributed by atoms with Crippen molar-refractivity contribution in [2.75, 3.05) is 19.7 Å². The molecule has 0 bridgehead atoms. The van der Waals surface area contributed by atoms with Gasteiger partial charge in [0.2, 0.25) is 5.91 Å². The van der Waals surface area contributed by atoms with Crippen molar-refractivity contribution >= 4 is 11.9 Å². The fourth-order valence-electron chi connectivity index (χ4n) is 1.78. The van der Waals surface area contributed by atoms with E-state index in [0.717, 1.165) is 25.8 Å². The lowest BCUT2D eigenvalue weighted by molar-refractivity contribution is -0.145. The van der Waals surface area contributed by atoms with Crippen molar-refractivity contribution in [3.63, 3.8) is 0 Å². The molecule has 5 nitrogen and oxygen atoms in total. The zero-order chi connectivity index (χ0) is 13.5. The molecule has 0 spiro atoms. The van der Waals surface area contributed by atoms with Gasteiger partial charge < -0.3 is 10.1 Å². The molecule has 1 amide bonds. The molecule has 0 radical (unpaired) electrons. The Kier molecular flexibility index (Phi) is 6.12. The van der Waals surface area contributed by atoms with Crippen LogP contribution >= 0.6 is 0 Å². The number of ether oxygens (including phenoxy) is 1. The number of nitrogens with one attached hydrogen (secondary N) is 1. The fourth-order valence-corrected chi connectivity index (χ4v) is 1.78. The van der Waals surface area contributed by atoms with Crippen molar-refractivity contribution in [1.82, 2.24) is 10.2 Å². The maximum Gasteiger partial charge on any atom is 0.320 e. The molecule has 1 rings (SSSR count). The molecule has 0 heterocycles. The standard InChI is InChI=1S/C13H24N2O3/c1-4-8-15(9-12(16)18-5-2)10(3)13(17)14-11-6-7-11/h10-11H,4-9H2,1-3H3,(H,14,17). The summed E-state index contributed by atoms with van der Waals surface area (Å²) in [5.41, 5.74) is 0. The molecule has 0 aromatic carbocycles. The second kappa shape index (κ2) is 7.36. The molecule has 1 fully saturated rings. The van der Waals surface area contributed by atoms with Gasteiger partial charge in [0.15, 0.2) is 0 Å². The van der Waals surface area contributed by atoms with Gasteiger partial charge in [0.1, 0.15) is 0 Å². The third kappa shape index (κ3) is 5.04. The highest BCUT2D eigenvalue weighted by Gasteiger charge is 2.28. The number of amides is 1. The number of hydrogen-bond donors (Lipinski definition) is 1. The highest BCUT2D eigenvalue weighted by Crippen LogP contribution is 2.19. The maximum absolute atomic E-state index is 11.9. The molecular weight excluding hydrogens is 232 g/mol. The maximum atomic E-state index is 11.9. The lowest BCUT2D eigenvalue weighted by atomic mass is 10.2. The number of carbonyl (C=O) groups excluding carboxylic acids is 2. The van der Waals surface area contributed by atoms with Crippen molar-refractivity contribution < 1.29 is 14.3 Å². The molecule has 1 atom stereocenters.